The fourth-order valence-corrected chi connectivity index (χ4v) is 5.90. The molecule has 39 heavy (non-hydrogen) atoms. The van der Waals surface area contributed by atoms with Gasteiger partial charge in [0, 0.05) is 52.8 Å². The van der Waals surface area contributed by atoms with Crippen molar-refractivity contribution in [3.63, 3.8) is 0 Å². The zero-order chi connectivity index (χ0) is 27.7. The maximum absolute atomic E-state index is 14.6. The third-order valence-corrected chi connectivity index (χ3v) is 7.87. The fraction of sp³-hybridized carbons (Fsp3) is 0.276. The highest BCUT2D eigenvalue weighted by Crippen LogP contribution is 2.50. The molecule has 0 atom stereocenters. The first-order valence-corrected chi connectivity index (χ1v) is 13.5. The summed E-state index contributed by atoms with van der Waals surface area (Å²) in [5.74, 6) is -2.81. The fourth-order valence-electron chi connectivity index (χ4n) is 4.52. The summed E-state index contributed by atoms with van der Waals surface area (Å²) in [5.41, 5.74) is 0.0802. The summed E-state index contributed by atoms with van der Waals surface area (Å²) in [6.07, 6.45) is 0.550. The molecule has 0 unspecified atom stereocenters. The van der Waals surface area contributed by atoms with Gasteiger partial charge in [0.1, 0.15) is 17.6 Å². The zero-order valence-corrected chi connectivity index (χ0v) is 22.5. The lowest BCUT2D eigenvalue weighted by Crippen LogP contribution is -2.53. The molecule has 4 aromatic rings. The lowest BCUT2D eigenvalue weighted by Gasteiger charge is -2.38. The van der Waals surface area contributed by atoms with E-state index in [2.05, 4.69) is 4.90 Å². The van der Waals surface area contributed by atoms with Crippen molar-refractivity contribution in [2.24, 2.45) is 0 Å². The Bertz CT molecular complexity index is 1500. The van der Waals surface area contributed by atoms with Crippen LogP contribution in [0, 0.1) is 0 Å². The van der Waals surface area contributed by atoms with E-state index in [0.717, 1.165) is 20.0 Å². The number of likely N-dealkylation sites (tertiary alicyclic amines) is 1. The van der Waals surface area contributed by atoms with Gasteiger partial charge in [0.2, 0.25) is 0 Å². The first-order chi connectivity index (χ1) is 18.6. The van der Waals surface area contributed by atoms with Gasteiger partial charge in [-0.05, 0) is 61.0 Å². The molecule has 1 fully saturated rings. The highest BCUT2D eigenvalue weighted by molar-refractivity contribution is 7.22. The number of fused-ring (bicyclic) bond motifs is 1. The third kappa shape index (κ3) is 6.00. The van der Waals surface area contributed by atoms with Crippen molar-refractivity contribution in [3.8, 4) is 27.7 Å². The largest absolute Gasteiger partial charge is 0.488 e. The molecule has 1 aliphatic rings. The van der Waals surface area contributed by atoms with Gasteiger partial charge in [-0.25, -0.2) is 13.6 Å². The molecule has 1 aliphatic heterocycles. The van der Waals surface area contributed by atoms with Gasteiger partial charge >= 0.3 is 5.97 Å². The first kappa shape index (κ1) is 27.3. The number of alkyl halides is 3. The molecule has 10 heteroatoms. The molecule has 5 nitrogen and oxygen atoms in total. The van der Waals surface area contributed by atoms with Gasteiger partial charge in [-0.15, -0.1) is 11.3 Å². The van der Waals surface area contributed by atoms with Crippen LogP contribution in [0.3, 0.4) is 0 Å². The van der Waals surface area contributed by atoms with Crippen LogP contribution in [-0.2, 0) is 5.92 Å². The Hall–Kier alpha value is -3.27. The summed E-state index contributed by atoms with van der Waals surface area (Å²) >= 11 is 7.23. The number of hydrogen-bond acceptors (Lipinski definition) is 5. The second-order valence-electron chi connectivity index (χ2n) is 9.47. The predicted molar refractivity (Wildman–Crippen MR) is 147 cm³/mol. The molecule has 0 radical (unpaired) electrons. The lowest BCUT2D eigenvalue weighted by atomic mass is 10.00. The lowest BCUT2D eigenvalue weighted by molar-refractivity contribution is 0.0180. The number of thiophene rings is 1. The summed E-state index contributed by atoms with van der Waals surface area (Å²) in [4.78, 5) is 14.1. The van der Waals surface area contributed by atoms with Crippen LogP contribution in [0.1, 0.15) is 29.3 Å². The minimum Gasteiger partial charge on any atom is -0.488 e. The average molecular weight is 576 g/mol. The molecule has 1 saturated heterocycles. The number of hydrogen-bond donors (Lipinski definition) is 1. The van der Waals surface area contributed by atoms with Gasteiger partial charge in [0.15, 0.2) is 5.75 Å². The van der Waals surface area contributed by atoms with Crippen molar-refractivity contribution in [2.45, 2.75) is 25.4 Å². The van der Waals surface area contributed by atoms with Gasteiger partial charge < -0.3 is 14.6 Å². The van der Waals surface area contributed by atoms with Crippen LogP contribution in [0.25, 0.3) is 20.5 Å². The smallest absolute Gasteiger partial charge is 0.335 e. The van der Waals surface area contributed by atoms with E-state index in [0.29, 0.717) is 45.2 Å². The van der Waals surface area contributed by atoms with Gasteiger partial charge in [0.25, 0.3) is 5.92 Å². The maximum atomic E-state index is 14.6. The summed E-state index contributed by atoms with van der Waals surface area (Å²) in [6, 6.07) is 15.9. The molecular formula is C29H25ClF3NO4S. The van der Waals surface area contributed by atoms with Crippen LogP contribution in [0.15, 0.2) is 60.7 Å². The monoisotopic (exact) mass is 575 g/mol. The third-order valence-electron chi connectivity index (χ3n) is 6.47. The summed E-state index contributed by atoms with van der Waals surface area (Å²) in [5, 5.41) is 10.2. The molecule has 0 aliphatic carbocycles. The van der Waals surface area contributed by atoms with E-state index in [-0.39, 0.29) is 34.5 Å². The number of carbonyl (C=O) groups is 1. The van der Waals surface area contributed by atoms with E-state index in [1.54, 1.807) is 30.3 Å². The van der Waals surface area contributed by atoms with Crippen LogP contribution in [0.4, 0.5) is 13.2 Å². The van der Waals surface area contributed by atoms with E-state index < -0.39 is 11.9 Å². The quantitative estimate of drug-likeness (QED) is 0.206. The number of rotatable bonds is 10. The summed E-state index contributed by atoms with van der Waals surface area (Å²) in [6.45, 7) is 2.68. The molecule has 5 rings (SSSR count). The molecule has 0 saturated carbocycles. The van der Waals surface area contributed by atoms with Gasteiger partial charge in [0.05, 0.1) is 17.1 Å². The number of halogens is 4. The topological polar surface area (TPSA) is 59.0 Å². The van der Waals surface area contributed by atoms with Crippen molar-refractivity contribution in [1.82, 2.24) is 4.90 Å². The van der Waals surface area contributed by atoms with Gasteiger partial charge in [-0.3, -0.25) is 9.29 Å². The number of carboxylic acid groups (broad SMARTS) is 1. The maximum Gasteiger partial charge on any atom is 0.335 e. The van der Waals surface area contributed by atoms with Crippen molar-refractivity contribution < 1.29 is 32.5 Å². The van der Waals surface area contributed by atoms with Crippen LogP contribution in [-0.4, -0.2) is 48.4 Å². The van der Waals surface area contributed by atoms with E-state index >= 15 is 0 Å². The number of benzene rings is 3. The van der Waals surface area contributed by atoms with Gasteiger partial charge in [-0.1, -0.05) is 17.7 Å². The molecule has 1 N–H and O–H groups in total. The normalized spacial score (nSPS) is 14.4. The molecule has 0 amide bonds. The highest BCUT2D eigenvalue weighted by atomic mass is 35.5. The van der Waals surface area contributed by atoms with Crippen LogP contribution >= 0.6 is 22.9 Å². The highest BCUT2D eigenvalue weighted by Gasteiger charge is 2.31. The van der Waals surface area contributed by atoms with E-state index in [4.69, 9.17) is 21.1 Å². The van der Waals surface area contributed by atoms with Crippen molar-refractivity contribution in [1.29, 1.82) is 0 Å². The Balaban J connectivity index is 1.46. The Kier molecular flexibility index (Phi) is 7.75. The molecule has 0 spiro atoms. The second-order valence-corrected chi connectivity index (χ2v) is 11.0. The van der Waals surface area contributed by atoms with Crippen LogP contribution in [0.2, 0.25) is 5.02 Å². The summed E-state index contributed by atoms with van der Waals surface area (Å²) in [7, 11) is 0. The Morgan fingerprint density at radius 2 is 1.82 bits per heavy atom. The van der Waals surface area contributed by atoms with E-state index in [1.807, 2.05) is 0 Å². The molecule has 1 aromatic heterocycles. The standard InChI is InChI=1S/C29H25ClF3NO4S/c1-29(32,33)24-14-18(30)4-10-22(24)27-26(23-9-3-17(28(35)36)13-25(23)39-27)38-20-7-5-19(6-8-20)37-21-15-34(16-21)12-2-11-31/h3-10,13-14,21H,2,11-12,15-16H2,1H3,(H,35,36). The van der Waals surface area contributed by atoms with Crippen LogP contribution in [0.5, 0.6) is 17.2 Å². The Morgan fingerprint density at radius 1 is 1.10 bits per heavy atom. The van der Waals surface area contributed by atoms with E-state index in [9.17, 15) is 23.1 Å². The van der Waals surface area contributed by atoms with Crippen molar-refractivity contribution in [2.75, 3.05) is 26.3 Å². The average Bonchev–Trinajstić information content (AvgIpc) is 3.23. The number of ether oxygens (including phenoxy) is 2. The van der Waals surface area contributed by atoms with Crippen molar-refractivity contribution >= 4 is 39.0 Å². The molecule has 3 aromatic carbocycles. The molecule has 2 heterocycles. The Labute approximate surface area is 232 Å². The minimum absolute atomic E-state index is 0.0336. The first-order valence-electron chi connectivity index (χ1n) is 12.3. The van der Waals surface area contributed by atoms with Crippen LogP contribution < -0.4 is 9.47 Å². The van der Waals surface area contributed by atoms with Crippen molar-refractivity contribution in [3.05, 3.63) is 76.8 Å². The molecular weight excluding hydrogens is 551 g/mol. The number of carboxylic acids is 1. The van der Waals surface area contributed by atoms with Gasteiger partial charge in [-0.2, -0.15) is 0 Å². The Morgan fingerprint density at radius 3 is 2.49 bits per heavy atom. The van der Waals surface area contributed by atoms with E-state index in [1.165, 1.54) is 41.7 Å². The zero-order valence-electron chi connectivity index (χ0n) is 20.9. The second kappa shape index (κ2) is 11.1. The molecule has 0 bridgehead atoms. The minimum atomic E-state index is -3.18. The summed E-state index contributed by atoms with van der Waals surface area (Å²) < 4.78 is 54.4. The number of aromatic carboxylic acids is 1. The number of nitrogens with zero attached hydrogens (tertiary/aromatic N) is 1. The molecule has 204 valence electrons. The predicted octanol–water partition coefficient (Wildman–Crippen LogP) is 8.25. The SMILES string of the molecule is CC(F)(F)c1cc(Cl)ccc1-c1sc2cc(C(=O)O)ccc2c1Oc1ccc(OC2CN(CCCF)C2)cc1.